The molecule has 31 nitrogen and oxygen atoms in total. The van der Waals surface area contributed by atoms with Crippen molar-refractivity contribution < 1.29 is 57.8 Å². The van der Waals surface area contributed by atoms with Crippen LogP contribution in [0.25, 0.3) is 10.9 Å². The number of carbonyl (C=O) groups is 11. The van der Waals surface area contributed by atoms with Gasteiger partial charge in [0.25, 0.3) is 5.91 Å². The first-order valence-corrected chi connectivity index (χ1v) is 28.0. The second kappa shape index (κ2) is 33.0. The number of nitrogens with one attached hydrogen (secondary N) is 14. The maximum Gasteiger partial charge on any atom is 0.325 e. The number of nitrogens with two attached hydrogens (primary N) is 3. The summed E-state index contributed by atoms with van der Waals surface area (Å²) in [5.41, 5.74) is 18.6. The number of benzene rings is 2. The molecule has 1 aliphatic heterocycles. The summed E-state index contributed by atoms with van der Waals surface area (Å²) < 4.78 is 0. The number of guanidine groups is 2. The van der Waals surface area contributed by atoms with Gasteiger partial charge in [0.1, 0.15) is 48.3 Å². The molecule has 0 aliphatic carbocycles. The number of hydrogen-bond acceptors (Lipinski definition) is 16. The number of rotatable bonds is 35. The van der Waals surface area contributed by atoms with Gasteiger partial charge in [-0.2, -0.15) is 25.3 Å². The summed E-state index contributed by atoms with van der Waals surface area (Å²) in [4.78, 5) is 160. The Balaban J connectivity index is 1.41. The Bertz CT molecular complexity index is 3020. The molecule has 1 aliphatic rings. The molecule has 8 atom stereocenters. The lowest BCUT2D eigenvalue weighted by Gasteiger charge is -2.28. The number of imidazole rings is 1. The highest BCUT2D eigenvalue weighted by Gasteiger charge is 2.40. The van der Waals surface area contributed by atoms with Gasteiger partial charge in [0, 0.05) is 79.3 Å². The predicted molar refractivity (Wildman–Crippen MR) is 314 cm³/mol. The van der Waals surface area contributed by atoms with Crippen LogP contribution < -0.4 is 70.4 Å². The number of hydrogen-bond donors (Lipinski definition) is 20. The number of carbonyl (C=O) groups excluding carboxylic acids is 10. The van der Waals surface area contributed by atoms with Crippen molar-refractivity contribution in [3.63, 3.8) is 0 Å². The Hall–Kier alpha value is -9.40. The molecule has 0 bridgehead atoms. The van der Waals surface area contributed by atoms with Gasteiger partial charge in [0.05, 0.1) is 12.9 Å². The molecule has 4 aromatic rings. The molecule has 0 spiro atoms. The molecule has 3 heterocycles. The minimum atomic E-state index is -1.71. The number of primary amides is 1. The molecule has 1 saturated heterocycles. The van der Waals surface area contributed by atoms with Gasteiger partial charge in [-0.15, -0.1) is 0 Å². The molecule has 1 fully saturated rings. The van der Waals surface area contributed by atoms with Crippen LogP contribution in [0.4, 0.5) is 4.79 Å². The van der Waals surface area contributed by atoms with Crippen molar-refractivity contribution >= 4 is 113 Å². The molecule has 2 aromatic heterocycles. The molecule has 2 aromatic carbocycles. The summed E-state index contributed by atoms with van der Waals surface area (Å²) in [6, 6.07) is 2.85. The molecule has 458 valence electrons. The van der Waals surface area contributed by atoms with E-state index in [0.29, 0.717) is 21.7 Å². The predicted octanol–water partition coefficient (Wildman–Crippen LogP) is -4.03. The minimum Gasteiger partial charge on any atom is -0.481 e. The van der Waals surface area contributed by atoms with Gasteiger partial charge >= 0.3 is 12.0 Å². The van der Waals surface area contributed by atoms with Crippen LogP contribution in [0, 0.1) is 10.8 Å². The first-order chi connectivity index (χ1) is 40.6. The zero-order chi connectivity index (χ0) is 62.2. The van der Waals surface area contributed by atoms with Crippen molar-refractivity contribution in [3.05, 3.63) is 90.1 Å². The number of thiol groups is 2. The number of aliphatic carboxylic acids is 1. The number of para-hydroxylation sites is 1. The fourth-order valence-electron chi connectivity index (χ4n) is 8.90. The topological polar surface area (TPSA) is 502 Å². The number of H-pyrrole nitrogens is 2. The number of imide groups is 1. The van der Waals surface area contributed by atoms with Crippen LogP contribution in [0.15, 0.2) is 73.3 Å². The highest BCUT2D eigenvalue weighted by molar-refractivity contribution is 7.80. The average molecular weight is 1220 g/mol. The molecular formula is C52H71N19O12S2. The van der Waals surface area contributed by atoms with Crippen molar-refractivity contribution in [1.29, 1.82) is 10.8 Å². The van der Waals surface area contributed by atoms with E-state index >= 15 is 0 Å². The van der Waals surface area contributed by atoms with E-state index in [4.69, 9.17) is 28.0 Å². The number of amides is 11. The number of carboxylic acids is 1. The average Bonchev–Trinajstić information content (AvgIpc) is 4.00. The number of aromatic amines is 2. The summed E-state index contributed by atoms with van der Waals surface area (Å²) in [5, 5.41) is 51.0. The van der Waals surface area contributed by atoms with Crippen LogP contribution in [-0.2, 0) is 67.2 Å². The monoisotopic (exact) mass is 1220 g/mol. The lowest BCUT2D eigenvalue weighted by atomic mass is 10.0. The highest BCUT2D eigenvalue weighted by Crippen LogP contribution is 2.20. The Morgan fingerprint density at radius 2 is 1.12 bits per heavy atom. The van der Waals surface area contributed by atoms with Crippen LogP contribution in [0.3, 0.4) is 0 Å². The first kappa shape index (κ1) is 66.4. The largest absolute Gasteiger partial charge is 0.481 e. The molecule has 33 heteroatoms. The zero-order valence-corrected chi connectivity index (χ0v) is 47.7. The maximum absolute atomic E-state index is 14.8. The number of aromatic nitrogens is 3. The fraction of sp³-hybridized carbons (Fsp3) is 0.423. The lowest BCUT2D eigenvalue weighted by Crippen LogP contribution is -2.61. The van der Waals surface area contributed by atoms with E-state index in [2.05, 4.69) is 93.4 Å². The van der Waals surface area contributed by atoms with Gasteiger partial charge in [-0.3, -0.25) is 63.7 Å². The third-order valence-electron chi connectivity index (χ3n) is 13.3. The number of carboxylic acid groups (broad SMARTS) is 1. The maximum atomic E-state index is 14.8. The van der Waals surface area contributed by atoms with Crippen molar-refractivity contribution in [2.45, 2.75) is 106 Å². The summed E-state index contributed by atoms with van der Waals surface area (Å²) in [6.45, 7) is -0.250. The number of urea groups is 1. The Labute approximate surface area is 497 Å². The third kappa shape index (κ3) is 20.8. The van der Waals surface area contributed by atoms with Crippen LogP contribution in [0.2, 0.25) is 0 Å². The molecule has 0 radical (unpaired) electrons. The van der Waals surface area contributed by atoms with Gasteiger partial charge in [-0.05, 0) is 49.3 Å². The molecule has 5 rings (SSSR count). The lowest BCUT2D eigenvalue weighted by molar-refractivity contribution is -0.139. The van der Waals surface area contributed by atoms with Crippen molar-refractivity contribution in [2.24, 2.45) is 17.2 Å². The second-order valence-corrected chi connectivity index (χ2v) is 20.3. The normalized spacial score (nSPS) is 14.8. The second-order valence-electron chi connectivity index (χ2n) is 19.6. The van der Waals surface area contributed by atoms with Crippen LogP contribution in [-0.4, -0.2) is 182 Å². The van der Waals surface area contributed by atoms with Crippen LogP contribution in [0.1, 0.15) is 55.3 Å². The van der Waals surface area contributed by atoms with E-state index in [-0.39, 0.29) is 75.7 Å². The SMILES string of the molecule is N=C(N)NCCC[C@H](NC(=O)[C@@H](Cc1ccccc1)NC(=O)[C@H](Cc1cnc[nH]1)NC(=O)[C@H](CCC(=O)O)NC(=O)[C@H](CS)NC(=O)[C@H](CCCNC(=N)N)N1C(=O)CNC1=O)C(=O)N[C@@H](Cc1c[nH]c2ccccc12)C(=O)N[C@@H](CS)C(N)=O. The van der Waals surface area contributed by atoms with E-state index in [1.165, 1.54) is 12.5 Å². The van der Waals surface area contributed by atoms with E-state index < -0.39 is 139 Å². The zero-order valence-electron chi connectivity index (χ0n) is 45.9. The van der Waals surface area contributed by atoms with E-state index in [1.807, 2.05) is 6.07 Å². The smallest absolute Gasteiger partial charge is 0.325 e. The summed E-state index contributed by atoms with van der Waals surface area (Å²) >= 11 is 8.35. The summed E-state index contributed by atoms with van der Waals surface area (Å²) in [6.07, 6.45) is 2.41. The number of nitrogens with zero attached hydrogens (tertiary/aromatic N) is 2. The summed E-state index contributed by atoms with van der Waals surface area (Å²) in [7, 11) is 0. The van der Waals surface area contributed by atoms with Crippen LogP contribution >= 0.6 is 25.3 Å². The Kier molecular flexibility index (Phi) is 25.8. The minimum absolute atomic E-state index is 0.0665. The van der Waals surface area contributed by atoms with E-state index in [9.17, 15) is 57.8 Å². The highest BCUT2D eigenvalue weighted by atomic mass is 32.1. The van der Waals surface area contributed by atoms with Gasteiger partial charge in [-0.25, -0.2) is 9.78 Å². The standard InChI is InChI=1S/C52H71N19O12S2/c53-42(75)37(24-84)69-46(79)35(19-28-21-61-31-11-5-4-10-30(28)31)67-43(76)32(12-6-16-59-50(54)55)64-45(78)34(18-27-8-2-1-3-9-27)66-47(80)36(20-29-22-58-26-63-29)68-44(77)33(14-15-41(73)74)65-48(81)38(25-85)70-49(82)39(13-7-17-60-51(56)57)71-40(72)23-62-52(71)83/h1-5,8-11,21-22,26,32-39,61,84-85H,6-7,12-20,23-25H2,(H2,53,75)(H,58,63)(H,62,83)(H,64,78)(H,65,81)(H,66,80)(H,67,76)(H,68,77)(H,69,79)(H,70,82)(H,73,74)(H4,54,55,59)(H4,56,57,60)/t32-,33-,34+,35-,36-,37-,38-,39-/m0/s1. The Morgan fingerprint density at radius 1 is 0.612 bits per heavy atom. The van der Waals surface area contributed by atoms with Gasteiger partial charge in [0.2, 0.25) is 47.3 Å². The van der Waals surface area contributed by atoms with Crippen molar-refractivity contribution in [1.82, 2.24) is 73.0 Å². The molecule has 85 heavy (non-hydrogen) atoms. The van der Waals surface area contributed by atoms with Gasteiger partial charge in [0.15, 0.2) is 11.9 Å². The van der Waals surface area contributed by atoms with Crippen molar-refractivity contribution in [2.75, 3.05) is 31.1 Å². The Morgan fingerprint density at radius 3 is 1.66 bits per heavy atom. The van der Waals surface area contributed by atoms with Gasteiger partial charge < -0.3 is 85.4 Å². The third-order valence-corrected chi connectivity index (χ3v) is 14.0. The molecule has 0 unspecified atom stereocenters. The first-order valence-electron chi connectivity index (χ1n) is 26.8. The van der Waals surface area contributed by atoms with Crippen molar-refractivity contribution in [3.8, 4) is 0 Å². The summed E-state index contributed by atoms with van der Waals surface area (Å²) in [5.74, 6) is -11.0. The quantitative estimate of drug-likeness (QED) is 0.00686. The van der Waals surface area contributed by atoms with E-state index in [0.717, 1.165) is 10.9 Å². The molecule has 21 N–H and O–H groups in total. The van der Waals surface area contributed by atoms with Crippen LogP contribution in [0.5, 0.6) is 0 Å². The fourth-order valence-corrected chi connectivity index (χ4v) is 9.43. The molecular weight excluding hydrogens is 1150 g/mol. The molecule has 11 amide bonds. The number of fused-ring (bicyclic) bond motifs is 1. The van der Waals surface area contributed by atoms with Gasteiger partial charge in [-0.1, -0.05) is 48.5 Å². The van der Waals surface area contributed by atoms with E-state index in [1.54, 1.807) is 54.7 Å². The molecule has 0 saturated carbocycles.